The quantitative estimate of drug-likeness (QED) is 0.326. The fourth-order valence-electron chi connectivity index (χ4n) is 4.52. The third-order valence-electron chi connectivity index (χ3n) is 6.52. The molecule has 0 atom stereocenters. The first kappa shape index (κ1) is 25.7. The van der Waals surface area contributed by atoms with Crippen LogP contribution in [0.4, 0.5) is 0 Å². The van der Waals surface area contributed by atoms with Gasteiger partial charge in [0.05, 0.1) is 15.6 Å². The maximum absolute atomic E-state index is 13.8. The van der Waals surface area contributed by atoms with Crippen LogP contribution in [0.15, 0.2) is 119 Å². The summed E-state index contributed by atoms with van der Waals surface area (Å²) in [5, 5.41) is 17.9. The summed E-state index contributed by atoms with van der Waals surface area (Å²) in [6, 6.07) is 35.8. The number of nitrogens with zero attached hydrogens (tertiary/aromatic N) is 3. The van der Waals surface area contributed by atoms with Crippen molar-refractivity contribution in [1.29, 1.82) is 5.26 Å². The average molecular weight is 555 g/mol. The summed E-state index contributed by atoms with van der Waals surface area (Å²) < 4.78 is 7.69. The van der Waals surface area contributed by atoms with Gasteiger partial charge in [-0.15, -0.1) is 11.3 Å². The third-order valence-corrected chi connectivity index (χ3v) is 7.61. The van der Waals surface area contributed by atoms with Gasteiger partial charge in [-0.1, -0.05) is 90.1 Å². The van der Waals surface area contributed by atoms with Gasteiger partial charge < -0.3 is 9.84 Å². The molecule has 198 valence electrons. The minimum absolute atomic E-state index is 0.132. The molecule has 6 rings (SSSR count). The van der Waals surface area contributed by atoms with Crippen molar-refractivity contribution in [2.75, 3.05) is 0 Å². The molecule has 0 radical (unpaired) electrons. The summed E-state index contributed by atoms with van der Waals surface area (Å²) in [5.74, 6) is 0.0897. The Labute approximate surface area is 238 Å². The van der Waals surface area contributed by atoms with Crippen molar-refractivity contribution in [1.82, 2.24) is 15.0 Å². The smallest absolute Gasteiger partial charge is 0.273 e. The van der Waals surface area contributed by atoms with Gasteiger partial charge in [0.1, 0.15) is 16.2 Å². The lowest BCUT2D eigenvalue weighted by Gasteiger charge is -2.06. The van der Waals surface area contributed by atoms with Crippen molar-refractivity contribution in [2.24, 2.45) is 0 Å². The van der Waals surface area contributed by atoms with E-state index >= 15 is 0 Å². The summed E-state index contributed by atoms with van der Waals surface area (Å²) in [5.41, 5.74) is 3.36. The van der Waals surface area contributed by atoms with E-state index < -0.39 is 5.91 Å². The number of para-hydroxylation sites is 1. The monoisotopic (exact) mass is 554 g/mol. The van der Waals surface area contributed by atoms with Crippen molar-refractivity contribution in [3.63, 3.8) is 0 Å². The van der Waals surface area contributed by atoms with Gasteiger partial charge in [-0.05, 0) is 41.5 Å². The molecule has 0 saturated carbocycles. The molecule has 0 unspecified atom stereocenters. The van der Waals surface area contributed by atoms with Crippen LogP contribution >= 0.6 is 11.3 Å². The first-order chi connectivity index (χ1) is 20.1. The highest BCUT2D eigenvalue weighted by atomic mass is 32.1. The number of amides is 1. The van der Waals surface area contributed by atoms with Crippen molar-refractivity contribution >= 4 is 39.8 Å². The second kappa shape index (κ2) is 11.3. The number of nitrogens with one attached hydrogen (secondary N) is 1. The standard InChI is InChI=1S/C33H22N4O3S/c34-20-27(31(38)35-21-22-10-4-1-5-11-22)33-37(25-14-8-3-9-15-25)32(39)29(41-33)19-23-16-17-28-26(18-23)30(40-36-28)24-12-6-2-7-13-24/h1-19H,21H2,(H,35,38)/b29-19+,33-27-. The molecule has 7 nitrogen and oxygen atoms in total. The van der Waals surface area contributed by atoms with E-state index in [4.69, 9.17) is 4.52 Å². The molecule has 8 heteroatoms. The van der Waals surface area contributed by atoms with Crippen LogP contribution in [-0.2, 0) is 11.3 Å². The largest absolute Gasteiger partial charge is 0.355 e. The van der Waals surface area contributed by atoms with Crippen LogP contribution in [0.2, 0.25) is 0 Å². The summed E-state index contributed by atoms with van der Waals surface area (Å²) in [6.07, 6.45) is 1.76. The maximum atomic E-state index is 13.8. The Kier molecular flexibility index (Phi) is 7.10. The summed E-state index contributed by atoms with van der Waals surface area (Å²) >= 11 is 1.10. The highest BCUT2D eigenvalue weighted by molar-refractivity contribution is 7.07. The van der Waals surface area contributed by atoms with E-state index in [1.165, 1.54) is 4.57 Å². The van der Waals surface area contributed by atoms with Crippen LogP contribution in [0.5, 0.6) is 0 Å². The predicted molar refractivity (Wildman–Crippen MR) is 159 cm³/mol. The molecule has 4 aromatic carbocycles. The molecule has 6 aromatic rings. The van der Waals surface area contributed by atoms with Crippen LogP contribution in [-0.4, -0.2) is 15.6 Å². The van der Waals surface area contributed by atoms with Gasteiger partial charge in [-0.2, -0.15) is 5.26 Å². The Balaban J connectivity index is 1.49. The van der Waals surface area contributed by atoms with Gasteiger partial charge in [0.25, 0.3) is 11.5 Å². The number of hydrogen-bond donors (Lipinski definition) is 1. The van der Waals surface area contributed by atoms with Gasteiger partial charge in [0, 0.05) is 12.1 Å². The van der Waals surface area contributed by atoms with Gasteiger partial charge in [-0.25, -0.2) is 0 Å². The number of carbonyl (C=O) groups is 1. The fraction of sp³-hybridized carbons (Fsp3) is 0.0303. The molecule has 0 aliphatic rings. The summed E-state index contributed by atoms with van der Waals surface area (Å²) in [7, 11) is 0. The number of rotatable bonds is 6. The highest BCUT2D eigenvalue weighted by Gasteiger charge is 2.17. The number of carbonyl (C=O) groups excluding carboxylic acids is 1. The van der Waals surface area contributed by atoms with Crippen molar-refractivity contribution < 1.29 is 9.32 Å². The van der Waals surface area contributed by atoms with E-state index in [-0.39, 0.29) is 22.3 Å². The number of aromatic nitrogens is 2. The number of hydrogen-bond acceptors (Lipinski definition) is 6. The Morgan fingerprint density at radius 1 is 0.951 bits per heavy atom. The van der Waals surface area contributed by atoms with Crippen LogP contribution in [0.3, 0.4) is 0 Å². The van der Waals surface area contributed by atoms with E-state index in [0.29, 0.717) is 21.5 Å². The number of benzene rings is 4. The Hall–Kier alpha value is -5.52. The van der Waals surface area contributed by atoms with Crippen LogP contribution in [0.25, 0.3) is 39.6 Å². The zero-order valence-corrected chi connectivity index (χ0v) is 22.5. The lowest BCUT2D eigenvalue weighted by atomic mass is 10.1. The molecular formula is C33H22N4O3S. The molecule has 0 aliphatic carbocycles. The van der Waals surface area contributed by atoms with Crippen LogP contribution < -0.4 is 20.1 Å². The molecule has 0 spiro atoms. The van der Waals surface area contributed by atoms with E-state index in [9.17, 15) is 14.9 Å². The van der Waals surface area contributed by atoms with Crippen molar-refractivity contribution in [3.05, 3.63) is 140 Å². The molecule has 41 heavy (non-hydrogen) atoms. The average Bonchev–Trinajstić information content (AvgIpc) is 3.58. The zero-order valence-electron chi connectivity index (χ0n) is 21.7. The SMILES string of the molecule is N#C/C(C(=O)NCc1ccccc1)=c1/s/c(=C/c2ccc3noc(-c4ccccc4)c3c2)c(=O)n1-c1ccccc1. The van der Waals surface area contributed by atoms with Gasteiger partial charge in [0.15, 0.2) is 11.3 Å². The van der Waals surface area contributed by atoms with E-state index in [2.05, 4.69) is 10.5 Å². The number of thiazole rings is 1. The topological polar surface area (TPSA) is 101 Å². The fourth-order valence-corrected chi connectivity index (χ4v) is 5.62. The predicted octanol–water partition coefficient (Wildman–Crippen LogP) is 4.53. The molecule has 2 aromatic heterocycles. The Morgan fingerprint density at radius 3 is 2.34 bits per heavy atom. The Bertz CT molecular complexity index is 2090. The lowest BCUT2D eigenvalue weighted by molar-refractivity contribution is -0.115. The second-order valence-electron chi connectivity index (χ2n) is 9.20. The van der Waals surface area contributed by atoms with E-state index in [1.54, 1.807) is 30.3 Å². The number of nitriles is 1. The van der Waals surface area contributed by atoms with Crippen LogP contribution in [0.1, 0.15) is 11.1 Å². The van der Waals surface area contributed by atoms with Crippen molar-refractivity contribution in [2.45, 2.75) is 6.54 Å². The Morgan fingerprint density at radius 2 is 1.63 bits per heavy atom. The van der Waals surface area contributed by atoms with Gasteiger partial charge in [-0.3, -0.25) is 14.2 Å². The number of fused-ring (bicyclic) bond motifs is 1. The molecular weight excluding hydrogens is 532 g/mol. The first-order valence-corrected chi connectivity index (χ1v) is 13.6. The molecule has 0 fully saturated rings. The van der Waals surface area contributed by atoms with Crippen LogP contribution in [0, 0.1) is 11.3 Å². The molecule has 2 heterocycles. The van der Waals surface area contributed by atoms with Gasteiger partial charge >= 0.3 is 0 Å². The molecule has 0 aliphatic heterocycles. The summed E-state index contributed by atoms with van der Waals surface area (Å²) in [4.78, 5) is 27.0. The molecule has 1 amide bonds. The normalized spacial score (nSPS) is 12.2. The van der Waals surface area contributed by atoms with E-state index in [1.807, 2.05) is 91.0 Å². The lowest BCUT2D eigenvalue weighted by Crippen LogP contribution is -2.33. The molecule has 0 bridgehead atoms. The zero-order chi connectivity index (χ0) is 28.2. The first-order valence-electron chi connectivity index (χ1n) is 12.8. The van der Waals surface area contributed by atoms with Gasteiger partial charge in [0.2, 0.25) is 0 Å². The molecule has 1 N–H and O–H groups in total. The highest BCUT2D eigenvalue weighted by Crippen LogP contribution is 2.29. The minimum Gasteiger partial charge on any atom is -0.355 e. The third kappa shape index (κ3) is 5.22. The van der Waals surface area contributed by atoms with E-state index in [0.717, 1.165) is 33.4 Å². The minimum atomic E-state index is -0.549. The maximum Gasteiger partial charge on any atom is 0.273 e. The summed E-state index contributed by atoms with van der Waals surface area (Å²) in [6.45, 7) is 0.257. The second-order valence-corrected chi connectivity index (χ2v) is 10.2. The van der Waals surface area contributed by atoms with Crippen molar-refractivity contribution in [3.8, 4) is 23.1 Å². The molecule has 0 saturated heterocycles.